The Balaban J connectivity index is 2.22. The number of halogens is 1. The lowest BCUT2D eigenvalue weighted by Crippen LogP contribution is -2.52. The van der Waals surface area contributed by atoms with E-state index in [9.17, 15) is 4.39 Å². The standard InChI is InChI=1S/C14H23FN4O/c1-5-6-16-13-17-7-11(15)12(18-13)19-8-10(2)20-14(3,4)9-19/h7,10H,5-6,8-9H2,1-4H3,(H,16,17,18). The summed E-state index contributed by atoms with van der Waals surface area (Å²) in [6, 6.07) is 0. The second-order valence-corrected chi connectivity index (χ2v) is 5.86. The van der Waals surface area contributed by atoms with Crippen LogP contribution in [-0.2, 0) is 4.74 Å². The first-order chi connectivity index (χ1) is 9.41. The lowest BCUT2D eigenvalue weighted by Gasteiger charge is -2.42. The van der Waals surface area contributed by atoms with Gasteiger partial charge in [0, 0.05) is 19.6 Å². The van der Waals surface area contributed by atoms with Crippen LogP contribution in [0.2, 0.25) is 0 Å². The maximum atomic E-state index is 14.0. The topological polar surface area (TPSA) is 50.3 Å². The highest BCUT2D eigenvalue weighted by atomic mass is 19.1. The van der Waals surface area contributed by atoms with Crippen molar-refractivity contribution in [2.24, 2.45) is 0 Å². The Labute approximate surface area is 119 Å². The summed E-state index contributed by atoms with van der Waals surface area (Å²) < 4.78 is 19.9. The number of rotatable bonds is 4. The number of anilines is 2. The molecule has 2 rings (SSSR count). The summed E-state index contributed by atoms with van der Waals surface area (Å²) in [5, 5.41) is 3.09. The average Bonchev–Trinajstić information content (AvgIpc) is 2.35. The van der Waals surface area contributed by atoms with Crippen molar-refractivity contribution in [1.82, 2.24) is 9.97 Å². The summed E-state index contributed by atoms with van der Waals surface area (Å²) in [7, 11) is 0. The molecule has 5 nitrogen and oxygen atoms in total. The monoisotopic (exact) mass is 282 g/mol. The Morgan fingerprint density at radius 2 is 2.30 bits per heavy atom. The average molecular weight is 282 g/mol. The molecule has 1 aliphatic heterocycles. The molecule has 2 heterocycles. The largest absolute Gasteiger partial charge is 0.369 e. The van der Waals surface area contributed by atoms with Gasteiger partial charge in [-0.1, -0.05) is 6.92 Å². The van der Waals surface area contributed by atoms with Gasteiger partial charge in [0.05, 0.1) is 17.9 Å². The first-order valence-corrected chi connectivity index (χ1v) is 7.10. The fourth-order valence-corrected chi connectivity index (χ4v) is 2.52. The maximum Gasteiger partial charge on any atom is 0.224 e. The zero-order valence-electron chi connectivity index (χ0n) is 12.6. The quantitative estimate of drug-likeness (QED) is 0.919. The van der Waals surface area contributed by atoms with E-state index in [2.05, 4.69) is 22.2 Å². The molecule has 112 valence electrons. The van der Waals surface area contributed by atoms with Gasteiger partial charge in [0.15, 0.2) is 11.6 Å². The third-order valence-electron chi connectivity index (χ3n) is 3.13. The molecule has 20 heavy (non-hydrogen) atoms. The van der Waals surface area contributed by atoms with E-state index < -0.39 is 5.82 Å². The Morgan fingerprint density at radius 3 is 2.95 bits per heavy atom. The molecule has 1 aromatic rings. The van der Waals surface area contributed by atoms with E-state index in [1.54, 1.807) is 0 Å². The predicted octanol–water partition coefficient (Wildman–Crippen LogP) is 2.44. The molecule has 6 heteroatoms. The molecule has 1 fully saturated rings. The molecule has 0 bridgehead atoms. The lowest BCUT2D eigenvalue weighted by atomic mass is 10.1. The Hall–Kier alpha value is -1.43. The van der Waals surface area contributed by atoms with Crippen LogP contribution in [0.25, 0.3) is 0 Å². The third-order valence-corrected chi connectivity index (χ3v) is 3.13. The van der Waals surface area contributed by atoms with Gasteiger partial charge in [-0.25, -0.2) is 9.37 Å². The summed E-state index contributed by atoms with van der Waals surface area (Å²) in [6.45, 7) is 10.1. The van der Waals surface area contributed by atoms with Crippen LogP contribution in [0.4, 0.5) is 16.2 Å². The summed E-state index contributed by atoms with van der Waals surface area (Å²) in [5.74, 6) is 0.430. The molecule has 1 aliphatic rings. The molecule has 1 N–H and O–H groups in total. The molecule has 1 atom stereocenters. The van der Waals surface area contributed by atoms with Crippen LogP contribution >= 0.6 is 0 Å². The molecule has 0 radical (unpaired) electrons. The molecule has 0 saturated carbocycles. The van der Waals surface area contributed by atoms with E-state index in [1.807, 2.05) is 25.7 Å². The van der Waals surface area contributed by atoms with Crippen LogP contribution in [0.3, 0.4) is 0 Å². The minimum atomic E-state index is -0.392. The Morgan fingerprint density at radius 1 is 1.55 bits per heavy atom. The van der Waals surface area contributed by atoms with Crippen molar-refractivity contribution in [3.8, 4) is 0 Å². The minimum Gasteiger partial charge on any atom is -0.369 e. The van der Waals surface area contributed by atoms with Crippen molar-refractivity contribution in [1.29, 1.82) is 0 Å². The lowest BCUT2D eigenvalue weighted by molar-refractivity contribution is -0.0753. The molecule has 0 spiro atoms. The van der Waals surface area contributed by atoms with E-state index in [4.69, 9.17) is 4.74 Å². The van der Waals surface area contributed by atoms with Gasteiger partial charge in [0.2, 0.25) is 5.95 Å². The first kappa shape index (κ1) is 15.0. The van der Waals surface area contributed by atoms with Crippen molar-refractivity contribution in [2.45, 2.75) is 45.8 Å². The second-order valence-electron chi connectivity index (χ2n) is 5.86. The van der Waals surface area contributed by atoms with Crippen molar-refractivity contribution in [3.05, 3.63) is 12.0 Å². The van der Waals surface area contributed by atoms with Gasteiger partial charge >= 0.3 is 0 Å². The van der Waals surface area contributed by atoms with Gasteiger partial charge in [-0.15, -0.1) is 0 Å². The number of nitrogens with one attached hydrogen (secondary N) is 1. The van der Waals surface area contributed by atoms with Crippen LogP contribution in [0.1, 0.15) is 34.1 Å². The molecule has 1 unspecified atom stereocenters. The van der Waals surface area contributed by atoms with E-state index in [1.165, 1.54) is 6.20 Å². The molecule has 1 aromatic heterocycles. The van der Waals surface area contributed by atoms with Gasteiger partial charge in [-0.05, 0) is 27.2 Å². The predicted molar refractivity (Wildman–Crippen MR) is 77.6 cm³/mol. The molecule has 1 saturated heterocycles. The highest BCUT2D eigenvalue weighted by Crippen LogP contribution is 2.26. The highest BCUT2D eigenvalue weighted by Gasteiger charge is 2.33. The molecule has 0 aliphatic carbocycles. The second kappa shape index (κ2) is 5.91. The summed E-state index contributed by atoms with van der Waals surface area (Å²) in [5.41, 5.74) is -0.313. The van der Waals surface area contributed by atoms with Gasteiger partial charge in [-0.3, -0.25) is 0 Å². The maximum absolute atomic E-state index is 14.0. The normalized spacial score (nSPS) is 21.9. The van der Waals surface area contributed by atoms with Crippen molar-refractivity contribution < 1.29 is 9.13 Å². The molecule has 0 amide bonds. The number of hydrogen-bond donors (Lipinski definition) is 1. The van der Waals surface area contributed by atoms with E-state index in [0.717, 1.165) is 13.0 Å². The van der Waals surface area contributed by atoms with Crippen molar-refractivity contribution >= 4 is 11.8 Å². The Bertz CT molecular complexity index is 466. The van der Waals surface area contributed by atoms with Crippen molar-refractivity contribution in [2.75, 3.05) is 29.9 Å². The van der Waals surface area contributed by atoms with Crippen molar-refractivity contribution in [3.63, 3.8) is 0 Å². The van der Waals surface area contributed by atoms with E-state index in [-0.39, 0.29) is 11.7 Å². The van der Waals surface area contributed by atoms with E-state index in [0.29, 0.717) is 24.9 Å². The summed E-state index contributed by atoms with van der Waals surface area (Å²) in [4.78, 5) is 10.2. The smallest absolute Gasteiger partial charge is 0.224 e. The zero-order chi connectivity index (χ0) is 14.8. The molecule has 0 aromatic carbocycles. The first-order valence-electron chi connectivity index (χ1n) is 7.10. The van der Waals surface area contributed by atoms with Crippen LogP contribution in [0.15, 0.2) is 6.20 Å². The molecular weight excluding hydrogens is 259 g/mol. The number of aromatic nitrogens is 2. The van der Waals surface area contributed by atoms with E-state index >= 15 is 0 Å². The number of morpholine rings is 1. The van der Waals surface area contributed by atoms with Crippen LogP contribution in [0.5, 0.6) is 0 Å². The number of ether oxygens (including phenoxy) is 1. The van der Waals surface area contributed by atoms with Crippen LogP contribution in [-0.4, -0.2) is 41.3 Å². The summed E-state index contributed by atoms with van der Waals surface area (Å²) in [6.07, 6.45) is 2.24. The van der Waals surface area contributed by atoms with Crippen LogP contribution < -0.4 is 10.2 Å². The SMILES string of the molecule is CCCNc1ncc(F)c(N2CC(C)OC(C)(C)C2)n1. The molecular formula is C14H23FN4O. The van der Waals surface area contributed by atoms with Gasteiger partial charge in [0.25, 0.3) is 0 Å². The zero-order valence-corrected chi connectivity index (χ0v) is 12.6. The summed E-state index contributed by atoms with van der Waals surface area (Å²) >= 11 is 0. The van der Waals surface area contributed by atoms with Gasteiger partial charge in [-0.2, -0.15) is 4.98 Å². The Kier molecular flexibility index (Phi) is 4.42. The van der Waals surface area contributed by atoms with Gasteiger partial charge < -0.3 is 15.0 Å². The number of hydrogen-bond acceptors (Lipinski definition) is 5. The number of nitrogens with zero attached hydrogens (tertiary/aromatic N) is 3. The van der Waals surface area contributed by atoms with Gasteiger partial charge in [0.1, 0.15) is 0 Å². The minimum absolute atomic E-state index is 0.0418. The highest BCUT2D eigenvalue weighted by molar-refractivity contribution is 5.45. The fourth-order valence-electron chi connectivity index (χ4n) is 2.52. The fraction of sp³-hybridized carbons (Fsp3) is 0.714. The van der Waals surface area contributed by atoms with Crippen LogP contribution in [0, 0.1) is 5.82 Å². The third kappa shape index (κ3) is 3.56.